The highest BCUT2D eigenvalue weighted by Crippen LogP contribution is 2.33. The monoisotopic (exact) mass is 381 g/mol. The van der Waals surface area contributed by atoms with E-state index in [0.29, 0.717) is 29.0 Å². The van der Waals surface area contributed by atoms with Gasteiger partial charge >= 0.3 is 0 Å². The number of ether oxygens (including phenoxy) is 2. The average Bonchev–Trinajstić information content (AvgIpc) is 3.17. The summed E-state index contributed by atoms with van der Waals surface area (Å²) in [5.74, 6) is 1.57. The number of thioether (sulfide) groups is 1. The third kappa shape index (κ3) is 4.60. The van der Waals surface area contributed by atoms with Crippen LogP contribution in [-0.2, 0) is 6.42 Å². The third-order valence-corrected chi connectivity index (χ3v) is 4.89. The summed E-state index contributed by atoms with van der Waals surface area (Å²) in [5.41, 5.74) is 3.01. The van der Waals surface area contributed by atoms with Crippen molar-refractivity contribution in [3.05, 3.63) is 53.6 Å². The van der Waals surface area contributed by atoms with Crippen LogP contribution in [0.2, 0.25) is 0 Å². The molecule has 1 heterocycles. The fraction of sp³-hybridized carbons (Fsp3) is 0.250. The van der Waals surface area contributed by atoms with Crippen molar-refractivity contribution in [2.75, 3.05) is 14.2 Å². The average molecular weight is 381 g/mol. The van der Waals surface area contributed by atoms with Gasteiger partial charge in [0.05, 0.1) is 20.3 Å². The molecule has 0 aliphatic rings. The molecular formula is C20H19N3O3S. The van der Waals surface area contributed by atoms with Crippen molar-refractivity contribution in [3.8, 4) is 29.0 Å². The van der Waals surface area contributed by atoms with E-state index in [1.165, 1.54) is 17.3 Å². The number of benzene rings is 2. The minimum Gasteiger partial charge on any atom is -0.493 e. The van der Waals surface area contributed by atoms with Gasteiger partial charge in [-0.3, -0.25) is 0 Å². The molecular weight excluding hydrogens is 362 g/mol. The number of rotatable bonds is 7. The lowest BCUT2D eigenvalue weighted by Gasteiger charge is -2.07. The van der Waals surface area contributed by atoms with Crippen LogP contribution in [0.15, 0.2) is 52.1 Å². The fourth-order valence-electron chi connectivity index (χ4n) is 2.52. The second kappa shape index (κ2) is 8.60. The van der Waals surface area contributed by atoms with E-state index in [1.807, 2.05) is 37.3 Å². The van der Waals surface area contributed by atoms with Gasteiger partial charge in [-0.05, 0) is 48.9 Å². The standard InChI is InChI=1S/C20H19N3O3S/c1-13-4-6-14(7-5-13)10-16(12-21)27-20-23-22-19(26-20)15-8-9-17(24-2)18(11-15)25-3/h4-9,11,16H,10H2,1-3H3. The highest BCUT2D eigenvalue weighted by molar-refractivity contribution is 7.99. The van der Waals surface area contributed by atoms with Crippen LogP contribution in [-0.4, -0.2) is 29.7 Å². The number of methoxy groups -OCH3 is 2. The van der Waals surface area contributed by atoms with Gasteiger partial charge in [0.1, 0.15) is 5.25 Å². The van der Waals surface area contributed by atoms with E-state index in [4.69, 9.17) is 13.9 Å². The zero-order valence-corrected chi connectivity index (χ0v) is 16.1. The van der Waals surface area contributed by atoms with Crippen LogP contribution in [0.1, 0.15) is 11.1 Å². The SMILES string of the molecule is COc1ccc(-c2nnc(SC(C#N)Cc3ccc(C)cc3)o2)cc1OC. The molecule has 1 aromatic heterocycles. The van der Waals surface area contributed by atoms with E-state index in [2.05, 4.69) is 16.3 Å². The Morgan fingerprint density at radius 2 is 1.81 bits per heavy atom. The van der Waals surface area contributed by atoms with E-state index in [0.717, 1.165) is 11.1 Å². The first kappa shape index (κ1) is 18.8. The maximum absolute atomic E-state index is 9.46. The molecule has 2 aromatic carbocycles. The molecule has 3 aromatic rings. The summed E-state index contributed by atoms with van der Waals surface area (Å²) in [6.45, 7) is 2.04. The molecule has 1 unspecified atom stereocenters. The Morgan fingerprint density at radius 1 is 1.07 bits per heavy atom. The quantitative estimate of drug-likeness (QED) is 0.565. The first-order chi connectivity index (χ1) is 13.1. The molecule has 138 valence electrons. The number of aromatic nitrogens is 2. The molecule has 0 aliphatic carbocycles. The molecule has 0 amide bonds. The molecule has 0 saturated heterocycles. The summed E-state index contributed by atoms with van der Waals surface area (Å²) in [7, 11) is 3.15. The number of nitrogens with zero attached hydrogens (tertiary/aromatic N) is 3. The van der Waals surface area contributed by atoms with Crippen molar-refractivity contribution in [2.45, 2.75) is 23.8 Å². The minimum absolute atomic E-state index is 0.314. The second-order valence-electron chi connectivity index (χ2n) is 5.87. The fourth-order valence-corrected chi connectivity index (χ4v) is 3.30. The Morgan fingerprint density at radius 3 is 2.48 bits per heavy atom. The Kier molecular flexibility index (Phi) is 5.99. The molecule has 0 saturated carbocycles. The van der Waals surface area contributed by atoms with Gasteiger partial charge in [-0.15, -0.1) is 10.2 Å². The third-order valence-electron chi connectivity index (χ3n) is 3.97. The summed E-state index contributed by atoms with van der Waals surface area (Å²) in [6, 6.07) is 15.8. The van der Waals surface area contributed by atoms with Crippen molar-refractivity contribution >= 4 is 11.8 Å². The van der Waals surface area contributed by atoms with E-state index >= 15 is 0 Å². The lowest BCUT2D eigenvalue weighted by atomic mass is 10.1. The first-order valence-electron chi connectivity index (χ1n) is 8.30. The van der Waals surface area contributed by atoms with Crippen LogP contribution in [0, 0.1) is 18.3 Å². The lowest BCUT2D eigenvalue weighted by Crippen LogP contribution is -2.03. The van der Waals surface area contributed by atoms with Crippen molar-refractivity contribution in [2.24, 2.45) is 0 Å². The van der Waals surface area contributed by atoms with Crippen molar-refractivity contribution in [1.29, 1.82) is 5.26 Å². The molecule has 0 aliphatic heterocycles. The topological polar surface area (TPSA) is 81.2 Å². The van der Waals surface area contributed by atoms with Crippen LogP contribution in [0.5, 0.6) is 11.5 Å². The Labute approximate surface area is 162 Å². The number of hydrogen-bond acceptors (Lipinski definition) is 7. The zero-order chi connectivity index (χ0) is 19.2. The van der Waals surface area contributed by atoms with E-state index in [9.17, 15) is 5.26 Å². The Bertz CT molecular complexity index is 948. The summed E-state index contributed by atoms with van der Waals surface area (Å²) in [4.78, 5) is 0. The van der Waals surface area contributed by atoms with Crippen molar-refractivity contribution < 1.29 is 13.9 Å². The highest BCUT2D eigenvalue weighted by Gasteiger charge is 2.17. The molecule has 0 fully saturated rings. The van der Waals surface area contributed by atoms with E-state index in [-0.39, 0.29) is 5.25 Å². The molecule has 0 bridgehead atoms. The minimum atomic E-state index is -0.314. The molecule has 6 nitrogen and oxygen atoms in total. The normalized spacial score (nSPS) is 11.6. The Hall–Kier alpha value is -2.98. The maximum Gasteiger partial charge on any atom is 0.278 e. The summed E-state index contributed by atoms with van der Waals surface area (Å²) in [5, 5.41) is 17.6. The predicted octanol–water partition coefficient (Wildman–Crippen LogP) is 4.29. The van der Waals surface area contributed by atoms with Crippen LogP contribution in [0.4, 0.5) is 0 Å². The van der Waals surface area contributed by atoms with Gasteiger partial charge in [0.25, 0.3) is 5.22 Å². The van der Waals surface area contributed by atoms with Gasteiger partial charge in [0.15, 0.2) is 11.5 Å². The predicted molar refractivity (Wildman–Crippen MR) is 103 cm³/mol. The number of hydrogen-bond donors (Lipinski definition) is 0. The second-order valence-corrected chi connectivity index (χ2v) is 7.02. The van der Waals surface area contributed by atoms with Gasteiger partial charge in [0.2, 0.25) is 5.89 Å². The van der Waals surface area contributed by atoms with Crippen LogP contribution >= 0.6 is 11.8 Å². The largest absolute Gasteiger partial charge is 0.493 e. The number of nitriles is 1. The van der Waals surface area contributed by atoms with Gasteiger partial charge in [-0.2, -0.15) is 5.26 Å². The van der Waals surface area contributed by atoms with Gasteiger partial charge in [0, 0.05) is 5.56 Å². The van der Waals surface area contributed by atoms with E-state index in [1.54, 1.807) is 26.4 Å². The van der Waals surface area contributed by atoms with Crippen molar-refractivity contribution in [1.82, 2.24) is 10.2 Å². The van der Waals surface area contributed by atoms with Crippen molar-refractivity contribution in [3.63, 3.8) is 0 Å². The molecule has 27 heavy (non-hydrogen) atoms. The molecule has 1 atom stereocenters. The van der Waals surface area contributed by atoms with E-state index < -0.39 is 0 Å². The zero-order valence-electron chi connectivity index (χ0n) is 15.3. The summed E-state index contributed by atoms with van der Waals surface area (Å²) < 4.78 is 16.3. The van der Waals surface area contributed by atoms with Gasteiger partial charge < -0.3 is 13.9 Å². The molecule has 0 radical (unpaired) electrons. The molecule has 7 heteroatoms. The highest BCUT2D eigenvalue weighted by atomic mass is 32.2. The van der Waals surface area contributed by atoms with Crippen LogP contribution < -0.4 is 9.47 Å². The Balaban J connectivity index is 1.73. The van der Waals surface area contributed by atoms with Gasteiger partial charge in [-0.1, -0.05) is 29.8 Å². The summed E-state index contributed by atoms with van der Waals surface area (Å²) in [6.07, 6.45) is 0.607. The molecule has 3 rings (SSSR count). The molecule has 0 N–H and O–H groups in total. The maximum atomic E-state index is 9.46. The first-order valence-corrected chi connectivity index (χ1v) is 9.18. The molecule has 0 spiro atoms. The number of aryl methyl sites for hydroxylation is 1. The lowest BCUT2D eigenvalue weighted by molar-refractivity contribution is 0.355. The summed E-state index contributed by atoms with van der Waals surface area (Å²) >= 11 is 1.26. The van der Waals surface area contributed by atoms with Gasteiger partial charge in [-0.25, -0.2) is 0 Å². The van der Waals surface area contributed by atoms with Crippen LogP contribution in [0.25, 0.3) is 11.5 Å². The smallest absolute Gasteiger partial charge is 0.278 e. The van der Waals surface area contributed by atoms with Crippen LogP contribution in [0.3, 0.4) is 0 Å².